The van der Waals surface area contributed by atoms with Crippen LogP contribution in [-0.2, 0) is 20.0 Å². The molecule has 38 heavy (non-hydrogen) atoms. The lowest BCUT2D eigenvalue weighted by molar-refractivity contribution is 0.587. The topological polar surface area (TPSA) is 78.1 Å². The van der Waals surface area contributed by atoms with Crippen LogP contribution in [0.3, 0.4) is 0 Å². The van der Waals surface area contributed by atoms with Crippen molar-refractivity contribution in [1.82, 2.24) is 7.94 Å². The Bertz CT molecular complexity index is 1890. The van der Waals surface area contributed by atoms with Crippen molar-refractivity contribution in [1.29, 1.82) is 0 Å². The van der Waals surface area contributed by atoms with Crippen molar-refractivity contribution in [2.45, 2.75) is 9.79 Å². The molecule has 0 unspecified atom stereocenters. The van der Waals surface area contributed by atoms with Crippen LogP contribution in [0.5, 0.6) is 0 Å². The first-order chi connectivity index (χ1) is 18.4. The van der Waals surface area contributed by atoms with Crippen LogP contribution in [-0.4, -0.2) is 24.8 Å². The Labute approximate surface area is 220 Å². The molecule has 0 N–H and O–H groups in total. The van der Waals surface area contributed by atoms with Crippen LogP contribution < -0.4 is 0 Å². The average Bonchev–Trinajstić information content (AvgIpc) is 3.52. The zero-order valence-corrected chi connectivity index (χ0v) is 21.7. The van der Waals surface area contributed by atoms with Gasteiger partial charge in [0.2, 0.25) is 0 Å². The lowest BCUT2D eigenvalue weighted by Gasteiger charge is -2.07. The normalized spacial score (nSPS) is 12.5. The van der Waals surface area contributed by atoms with Crippen LogP contribution in [0.4, 0.5) is 0 Å². The van der Waals surface area contributed by atoms with Gasteiger partial charge >= 0.3 is 0 Å². The summed E-state index contributed by atoms with van der Waals surface area (Å²) >= 11 is 0. The van der Waals surface area contributed by atoms with E-state index in [4.69, 9.17) is 0 Å². The van der Waals surface area contributed by atoms with E-state index in [1.165, 1.54) is 7.94 Å². The number of fused-ring (bicyclic) bond motifs is 2. The van der Waals surface area contributed by atoms with Gasteiger partial charge in [0.1, 0.15) is 0 Å². The molecule has 2 aromatic heterocycles. The van der Waals surface area contributed by atoms with Gasteiger partial charge in [0.05, 0.1) is 20.8 Å². The fourth-order valence-electron chi connectivity index (χ4n) is 4.61. The second-order valence-corrected chi connectivity index (χ2v) is 12.4. The number of hydrogen-bond donors (Lipinski definition) is 0. The van der Waals surface area contributed by atoms with Gasteiger partial charge in [-0.2, -0.15) is 0 Å². The number of aromatic nitrogens is 2. The Morgan fingerprint density at radius 2 is 0.789 bits per heavy atom. The molecule has 8 heteroatoms. The first-order valence-electron chi connectivity index (χ1n) is 11.9. The quantitative estimate of drug-likeness (QED) is 0.251. The van der Waals surface area contributed by atoms with E-state index in [9.17, 15) is 16.8 Å². The summed E-state index contributed by atoms with van der Waals surface area (Å²) in [7, 11) is -7.62. The van der Waals surface area contributed by atoms with Gasteiger partial charge in [0.25, 0.3) is 20.0 Å². The second kappa shape index (κ2) is 9.16. The Balaban J connectivity index is 1.48. The Kier molecular flexibility index (Phi) is 5.78. The van der Waals surface area contributed by atoms with Crippen molar-refractivity contribution in [3.05, 3.63) is 133 Å². The van der Waals surface area contributed by atoms with Gasteiger partial charge < -0.3 is 0 Å². The van der Waals surface area contributed by atoms with Gasteiger partial charge in [-0.3, -0.25) is 0 Å². The summed E-state index contributed by atoms with van der Waals surface area (Å²) in [5, 5.41) is 1.54. The van der Waals surface area contributed by atoms with Gasteiger partial charge in [-0.1, -0.05) is 84.9 Å². The summed E-state index contributed by atoms with van der Waals surface area (Å²) < 4.78 is 56.3. The minimum Gasteiger partial charge on any atom is -0.241 e. The predicted octanol–water partition coefficient (Wildman–Crippen LogP) is 6.24. The Hall–Kier alpha value is -4.40. The molecule has 6 nitrogen and oxygen atoms in total. The molecule has 0 bridgehead atoms. The highest BCUT2D eigenvalue weighted by Crippen LogP contribution is 2.30. The van der Waals surface area contributed by atoms with Crippen LogP contribution in [0.25, 0.3) is 34.0 Å². The number of hydrogen-bond acceptors (Lipinski definition) is 4. The summed E-state index contributed by atoms with van der Waals surface area (Å²) in [6, 6.07) is 31.2. The van der Waals surface area contributed by atoms with Crippen LogP contribution in [0.15, 0.2) is 131 Å². The van der Waals surface area contributed by atoms with Gasteiger partial charge in [0.15, 0.2) is 0 Å². The van der Waals surface area contributed by atoms with E-state index < -0.39 is 20.0 Å². The van der Waals surface area contributed by atoms with Crippen LogP contribution in [0, 0.1) is 0 Å². The van der Waals surface area contributed by atoms with Crippen molar-refractivity contribution in [3.63, 3.8) is 0 Å². The van der Waals surface area contributed by atoms with E-state index in [1.807, 2.05) is 36.4 Å². The molecule has 0 atom stereocenters. The maximum atomic E-state index is 13.4. The molecule has 188 valence electrons. The van der Waals surface area contributed by atoms with E-state index in [0.717, 1.165) is 10.8 Å². The molecule has 0 saturated heterocycles. The van der Waals surface area contributed by atoms with Crippen molar-refractivity contribution >= 4 is 54.0 Å². The fourth-order valence-corrected chi connectivity index (χ4v) is 7.40. The summed E-state index contributed by atoms with van der Waals surface area (Å²) in [6.07, 6.45) is 6.84. The van der Waals surface area contributed by atoms with E-state index in [0.29, 0.717) is 22.2 Å². The Morgan fingerprint density at radius 3 is 1.18 bits per heavy atom. The predicted molar refractivity (Wildman–Crippen MR) is 151 cm³/mol. The van der Waals surface area contributed by atoms with Gasteiger partial charge in [-0.05, 0) is 36.4 Å². The molecule has 0 fully saturated rings. The smallest absolute Gasteiger partial charge is 0.241 e. The third-order valence-corrected chi connectivity index (χ3v) is 9.84. The fraction of sp³-hybridized carbons (Fsp3) is 0. The SMILES string of the molecule is O=S(=O)(c1ccccc1)n1cc(/C=C\c2cn(S(=O)(=O)c3ccccc3)c3ccccc23)c2ccccc21. The van der Waals surface area contributed by atoms with Crippen LogP contribution >= 0.6 is 0 Å². The van der Waals surface area contributed by atoms with Gasteiger partial charge in [-0.15, -0.1) is 0 Å². The number of rotatable bonds is 6. The summed E-state index contributed by atoms with van der Waals surface area (Å²) in [4.78, 5) is 0.399. The molecule has 4 aromatic carbocycles. The van der Waals surface area contributed by atoms with Gasteiger partial charge in [-0.25, -0.2) is 24.8 Å². The summed E-state index contributed by atoms with van der Waals surface area (Å²) in [6.45, 7) is 0. The highest BCUT2D eigenvalue weighted by atomic mass is 32.2. The third kappa shape index (κ3) is 3.95. The average molecular weight is 539 g/mol. The van der Waals surface area contributed by atoms with E-state index in [2.05, 4.69) is 0 Å². The lowest BCUT2D eigenvalue weighted by atomic mass is 10.1. The maximum absolute atomic E-state index is 13.4. The van der Waals surface area contributed by atoms with Crippen molar-refractivity contribution in [2.24, 2.45) is 0 Å². The molecule has 0 aliphatic carbocycles. The molecule has 6 aromatic rings. The monoisotopic (exact) mass is 538 g/mol. The summed E-state index contributed by atoms with van der Waals surface area (Å²) in [5.41, 5.74) is 2.51. The van der Waals surface area contributed by atoms with Crippen LogP contribution in [0.2, 0.25) is 0 Å². The van der Waals surface area contributed by atoms with Crippen molar-refractivity contribution in [2.75, 3.05) is 0 Å². The summed E-state index contributed by atoms with van der Waals surface area (Å²) in [5.74, 6) is 0. The highest BCUT2D eigenvalue weighted by Gasteiger charge is 2.22. The molecule has 0 aliphatic heterocycles. The lowest BCUT2D eigenvalue weighted by Crippen LogP contribution is -2.11. The molecule has 0 aliphatic rings. The molecular formula is C30H22N2O4S2. The zero-order chi connectivity index (χ0) is 26.3. The molecule has 0 radical (unpaired) electrons. The van der Waals surface area contributed by atoms with E-state index in [-0.39, 0.29) is 9.79 Å². The first-order valence-corrected chi connectivity index (χ1v) is 14.7. The zero-order valence-electron chi connectivity index (χ0n) is 20.0. The molecule has 0 saturated carbocycles. The van der Waals surface area contributed by atoms with E-state index >= 15 is 0 Å². The Morgan fingerprint density at radius 1 is 0.447 bits per heavy atom. The van der Waals surface area contributed by atoms with Crippen molar-refractivity contribution < 1.29 is 16.8 Å². The first kappa shape index (κ1) is 24.0. The van der Waals surface area contributed by atoms with Gasteiger partial charge in [0, 0.05) is 34.3 Å². The second-order valence-electron chi connectivity index (χ2n) is 8.76. The minimum atomic E-state index is -3.81. The molecular weight excluding hydrogens is 516 g/mol. The standard InChI is InChI=1S/C30H22N2O4S2/c33-37(34,25-11-3-1-4-12-25)31-21-23(27-15-7-9-17-29(27)31)19-20-24-22-32(30-18-10-8-16-28(24)30)38(35,36)26-13-5-2-6-14-26/h1-22H/b20-19-. The number of benzene rings is 4. The highest BCUT2D eigenvalue weighted by molar-refractivity contribution is 7.90. The molecule has 6 rings (SSSR count). The third-order valence-electron chi connectivity index (χ3n) is 6.46. The molecule has 2 heterocycles. The molecule has 0 spiro atoms. The van der Waals surface area contributed by atoms with Crippen molar-refractivity contribution in [3.8, 4) is 0 Å². The number of para-hydroxylation sites is 2. The maximum Gasteiger partial charge on any atom is 0.268 e. The van der Waals surface area contributed by atoms with E-state index in [1.54, 1.807) is 97.3 Å². The molecule has 0 amide bonds. The van der Waals surface area contributed by atoms with Crippen LogP contribution in [0.1, 0.15) is 11.1 Å². The largest absolute Gasteiger partial charge is 0.268 e. The number of nitrogens with zero attached hydrogens (tertiary/aromatic N) is 2. The minimum absolute atomic E-state index is 0.200.